The highest BCUT2D eigenvalue weighted by Crippen LogP contribution is 2.24. The van der Waals surface area contributed by atoms with Gasteiger partial charge in [0.2, 0.25) is 0 Å². The molecule has 0 spiro atoms. The number of carboxylic acid groups (broad SMARTS) is 1. The van der Waals surface area contributed by atoms with Gasteiger partial charge in [0.1, 0.15) is 6.04 Å². The maximum absolute atomic E-state index is 12.6. The van der Waals surface area contributed by atoms with Gasteiger partial charge >= 0.3 is 5.97 Å². The van der Waals surface area contributed by atoms with E-state index in [1.54, 1.807) is 11.7 Å². The highest BCUT2D eigenvalue weighted by molar-refractivity contribution is 6.06. The van der Waals surface area contributed by atoms with Gasteiger partial charge in [-0.25, -0.2) is 4.79 Å². The Kier molecular flexibility index (Phi) is 2.93. The van der Waals surface area contributed by atoms with Gasteiger partial charge in [0.25, 0.3) is 5.91 Å². The van der Waals surface area contributed by atoms with Gasteiger partial charge in [0.15, 0.2) is 5.69 Å². The predicted molar refractivity (Wildman–Crippen MR) is 72.4 cm³/mol. The number of aliphatic carboxylic acids is 1. The van der Waals surface area contributed by atoms with E-state index in [2.05, 4.69) is 5.10 Å². The summed E-state index contributed by atoms with van der Waals surface area (Å²) in [5, 5.41) is 14.2. The molecule has 20 heavy (non-hydrogen) atoms. The lowest BCUT2D eigenvalue weighted by atomic mass is 10.1. The third-order valence-corrected chi connectivity index (χ3v) is 3.76. The number of amides is 1. The van der Waals surface area contributed by atoms with Gasteiger partial charge in [-0.05, 0) is 18.9 Å². The second kappa shape index (κ2) is 4.63. The van der Waals surface area contributed by atoms with E-state index in [0.717, 1.165) is 10.9 Å². The van der Waals surface area contributed by atoms with Crippen LogP contribution in [0.1, 0.15) is 23.3 Å². The first-order chi connectivity index (χ1) is 9.59. The number of carbonyl (C=O) groups excluding carboxylic acids is 1. The minimum absolute atomic E-state index is 0.299. The smallest absolute Gasteiger partial charge is 0.326 e. The van der Waals surface area contributed by atoms with Crippen LogP contribution < -0.4 is 0 Å². The van der Waals surface area contributed by atoms with Crippen molar-refractivity contribution in [3.63, 3.8) is 0 Å². The summed E-state index contributed by atoms with van der Waals surface area (Å²) in [6, 6.07) is 6.72. The van der Waals surface area contributed by atoms with E-state index in [-0.39, 0.29) is 5.91 Å². The molecular weight excluding hydrogens is 258 g/mol. The van der Waals surface area contributed by atoms with Crippen LogP contribution in [-0.4, -0.2) is 44.3 Å². The Bertz CT molecular complexity index is 692. The number of carbonyl (C=O) groups is 2. The summed E-state index contributed by atoms with van der Waals surface area (Å²) in [4.78, 5) is 25.2. The number of aryl methyl sites for hydroxylation is 1. The molecule has 1 atom stereocenters. The van der Waals surface area contributed by atoms with Crippen molar-refractivity contribution in [1.82, 2.24) is 14.7 Å². The molecule has 6 nitrogen and oxygen atoms in total. The molecular formula is C14H15N3O3. The highest BCUT2D eigenvalue weighted by atomic mass is 16.4. The molecule has 6 heteroatoms. The molecule has 1 aromatic carbocycles. The maximum Gasteiger partial charge on any atom is 0.326 e. The van der Waals surface area contributed by atoms with Crippen molar-refractivity contribution in [3.05, 3.63) is 30.0 Å². The topological polar surface area (TPSA) is 75.4 Å². The SMILES string of the molecule is Cn1nc(C(=O)N2CCCC2C(=O)O)c2ccccc21. The Labute approximate surface area is 115 Å². The van der Waals surface area contributed by atoms with Crippen molar-refractivity contribution in [3.8, 4) is 0 Å². The first kappa shape index (κ1) is 12.7. The first-order valence-corrected chi connectivity index (χ1v) is 6.55. The van der Waals surface area contributed by atoms with Crippen LogP contribution in [-0.2, 0) is 11.8 Å². The summed E-state index contributed by atoms with van der Waals surface area (Å²) < 4.78 is 1.65. The molecule has 0 aliphatic carbocycles. The number of benzene rings is 1. The second-order valence-electron chi connectivity index (χ2n) is 4.98. The van der Waals surface area contributed by atoms with Gasteiger partial charge in [0.05, 0.1) is 5.52 Å². The summed E-state index contributed by atoms with van der Waals surface area (Å²) in [5.74, 6) is -1.25. The normalized spacial score (nSPS) is 18.6. The average molecular weight is 273 g/mol. The number of hydrogen-bond donors (Lipinski definition) is 1. The van der Waals surface area contributed by atoms with E-state index in [4.69, 9.17) is 0 Å². The molecule has 1 aliphatic heterocycles. The van der Waals surface area contributed by atoms with Crippen LogP contribution in [0.3, 0.4) is 0 Å². The van der Waals surface area contributed by atoms with E-state index < -0.39 is 12.0 Å². The highest BCUT2D eigenvalue weighted by Gasteiger charge is 2.36. The van der Waals surface area contributed by atoms with Gasteiger partial charge in [-0.3, -0.25) is 9.48 Å². The number of carboxylic acids is 1. The van der Waals surface area contributed by atoms with Crippen molar-refractivity contribution in [2.45, 2.75) is 18.9 Å². The zero-order chi connectivity index (χ0) is 14.3. The predicted octanol–water partition coefficient (Wildman–Crippen LogP) is 1.26. The van der Waals surface area contributed by atoms with Crippen LogP contribution in [0, 0.1) is 0 Å². The van der Waals surface area contributed by atoms with Crippen LogP contribution in [0.5, 0.6) is 0 Å². The van der Waals surface area contributed by atoms with E-state index >= 15 is 0 Å². The monoisotopic (exact) mass is 273 g/mol. The number of rotatable bonds is 2. The Morgan fingerprint density at radius 3 is 2.85 bits per heavy atom. The number of fused-ring (bicyclic) bond motifs is 1. The Morgan fingerprint density at radius 2 is 2.10 bits per heavy atom. The van der Waals surface area contributed by atoms with E-state index in [1.165, 1.54) is 4.90 Å². The minimum Gasteiger partial charge on any atom is -0.480 e. The lowest BCUT2D eigenvalue weighted by molar-refractivity contribution is -0.141. The van der Waals surface area contributed by atoms with Gasteiger partial charge in [-0.1, -0.05) is 18.2 Å². The molecule has 2 heterocycles. The van der Waals surface area contributed by atoms with Crippen LogP contribution in [0.15, 0.2) is 24.3 Å². The molecule has 0 radical (unpaired) electrons. The van der Waals surface area contributed by atoms with Gasteiger partial charge in [0, 0.05) is 19.0 Å². The number of hydrogen-bond acceptors (Lipinski definition) is 3. The number of nitrogens with zero attached hydrogens (tertiary/aromatic N) is 3. The Balaban J connectivity index is 2.03. The van der Waals surface area contributed by atoms with Crippen LogP contribution >= 0.6 is 0 Å². The van der Waals surface area contributed by atoms with Crippen LogP contribution in [0.2, 0.25) is 0 Å². The van der Waals surface area contributed by atoms with Crippen molar-refractivity contribution < 1.29 is 14.7 Å². The minimum atomic E-state index is -0.948. The van der Waals surface area contributed by atoms with Crippen molar-refractivity contribution in [2.75, 3.05) is 6.54 Å². The molecule has 1 aromatic heterocycles. The quantitative estimate of drug-likeness (QED) is 0.893. The third kappa shape index (κ3) is 1.84. The first-order valence-electron chi connectivity index (χ1n) is 6.55. The van der Waals surface area contributed by atoms with E-state index in [0.29, 0.717) is 25.1 Å². The van der Waals surface area contributed by atoms with Crippen LogP contribution in [0.4, 0.5) is 0 Å². The van der Waals surface area contributed by atoms with Gasteiger partial charge < -0.3 is 10.0 Å². The van der Waals surface area contributed by atoms with Crippen LogP contribution in [0.25, 0.3) is 10.9 Å². The van der Waals surface area contributed by atoms with Crippen molar-refractivity contribution in [1.29, 1.82) is 0 Å². The molecule has 1 fully saturated rings. The number of para-hydroxylation sites is 1. The molecule has 2 aromatic rings. The number of likely N-dealkylation sites (tertiary alicyclic amines) is 1. The zero-order valence-electron chi connectivity index (χ0n) is 11.1. The molecule has 1 saturated heterocycles. The standard InChI is InChI=1S/C14H15N3O3/c1-16-10-6-3-2-5-9(10)12(15-16)13(18)17-8-4-7-11(17)14(19)20/h2-3,5-6,11H,4,7-8H2,1H3,(H,19,20). The third-order valence-electron chi connectivity index (χ3n) is 3.76. The summed E-state index contributed by atoms with van der Waals surface area (Å²) in [5.41, 5.74) is 1.19. The van der Waals surface area contributed by atoms with Crippen molar-refractivity contribution >= 4 is 22.8 Å². The van der Waals surface area contributed by atoms with E-state index in [9.17, 15) is 14.7 Å². The Hall–Kier alpha value is -2.37. The lowest BCUT2D eigenvalue weighted by Gasteiger charge is -2.20. The number of aromatic nitrogens is 2. The molecule has 1 amide bonds. The summed E-state index contributed by atoms with van der Waals surface area (Å²) >= 11 is 0. The summed E-state index contributed by atoms with van der Waals surface area (Å²) in [7, 11) is 1.78. The molecule has 1 unspecified atom stereocenters. The molecule has 1 N–H and O–H groups in total. The van der Waals surface area contributed by atoms with Crippen molar-refractivity contribution in [2.24, 2.45) is 7.05 Å². The summed E-state index contributed by atoms with van der Waals surface area (Å²) in [6.07, 6.45) is 1.22. The summed E-state index contributed by atoms with van der Waals surface area (Å²) in [6.45, 7) is 0.473. The molecule has 104 valence electrons. The zero-order valence-corrected chi connectivity index (χ0v) is 11.1. The fourth-order valence-corrected chi connectivity index (χ4v) is 2.77. The Morgan fingerprint density at radius 1 is 1.35 bits per heavy atom. The molecule has 1 aliphatic rings. The molecule has 3 rings (SSSR count). The fourth-order valence-electron chi connectivity index (χ4n) is 2.77. The molecule has 0 saturated carbocycles. The lowest BCUT2D eigenvalue weighted by Crippen LogP contribution is -2.40. The van der Waals surface area contributed by atoms with Gasteiger partial charge in [-0.15, -0.1) is 0 Å². The van der Waals surface area contributed by atoms with E-state index in [1.807, 2.05) is 24.3 Å². The molecule has 0 bridgehead atoms. The largest absolute Gasteiger partial charge is 0.480 e. The van der Waals surface area contributed by atoms with Gasteiger partial charge in [-0.2, -0.15) is 5.10 Å². The maximum atomic E-state index is 12.6. The fraction of sp³-hybridized carbons (Fsp3) is 0.357. The second-order valence-corrected chi connectivity index (χ2v) is 4.98. The average Bonchev–Trinajstić information content (AvgIpc) is 3.04.